The van der Waals surface area contributed by atoms with Gasteiger partial charge in [-0.05, 0) is 66.2 Å². The highest BCUT2D eigenvalue weighted by Gasteiger charge is 2.57. The number of hydrogen-bond acceptors (Lipinski definition) is 2. The summed E-state index contributed by atoms with van der Waals surface area (Å²) in [5.74, 6) is 0.419. The Labute approximate surface area is 174 Å². The number of nitrogens with one attached hydrogen (secondary N) is 1. The minimum atomic E-state index is 0.0936. The molecule has 3 nitrogen and oxygen atoms in total. The first-order valence-corrected chi connectivity index (χ1v) is 10.7. The Morgan fingerprint density at radius 3 is 2.41 bits per heavy atom. The number of allylic oxidation sites excluding steroid dienone is 1. The Morgan fingerprint density at radius 2 is 1.79 bits per heavy atom. The van der Waals surface area contributed by atoms with Crippen molar-refractivity contribution in [3.8, 4) is 0 Å². The van der Waals surface area contributed by atoms with Gasteiger partial charge in [-0.2, -0.15) is 0 Å². The van der Waals surface area contributed by atoms with Crippen LogP contribution in [0.1, 0.15) is 50.3 Å². The second kappa shape index (κ2) is 7.14. The second-order valence-corrected chi connectivity index (χ2v) is 9.51. The smallest absolute Gasteiger partial charge is 0.268 e. The van der Waals surface area contributed by atoms with Gasteiger partial charge in [0.2, 0.25) is 0 Å². The fourth-order valence-corrected chi connectivity index (χ4v) is 5.12. The van der Waals surface area contributed by atoms with Crippen LogP contribution in [-0.4, -0.2) is 5.91 Å². The molecule has 1 saturated carbocycles. The first kappa shape index (κ1) is 19.9. The fraction of sp³-hybridized carbons (Fsp3) is 0.423. The van der Waals surface area contributed by atoms with E-state index in [4.69, 9.17) is 0 Å². The largest absolute Gasteiger partial charge is 0.268 e. The van der Waals surface area contributed by atoms with Crippen molar-refractivity contribution in [1.29, 1.82) is 0 Å². The molecule has 29 heavy (non-hydrogen) atoms. The SMILES string of the molecule is Cc1cccc(N(NCc2ccccc2)C(=O)C2=C[C@@]3(C)CCC2C3(C)C)c1C. The van der Waals surface area contributed by atoms with E-state index in [1.54, 1.807) is 5.01 Å². The molecule has 2 aliphatic carbocycles. The number of fused-ring (bicyclic) bond motifs is 2. The van der Waals surface area contributed by atoms with Gasteiger partial charge in [-0.15, -0.1) is 0 Å². The maximum absolute atomic E-state index is 13.8. The van der Waals surface area contributed by atoms with Gasteiger partial charge in [0.1, 0.15) is 0 Å². The van der Waals surface area contributed by atoms with Crippen LogP contribution in [0.2, 0.25) is 0 Å². The van der Waals surface area contributed by atoms with E-state index in [2.05, 4.69) is 64.3 Å². The molecule has 0 aromatic heterocycles. The van der Waals surface area contributed by atoms with Gasteiger partial charge in [0.05, 0.1) is 5.69 Å². The van der Waals surface area contributed by atoms with Gasteiger partial charge in [-0.3, -0.25) is 4.79 Å². The van der Waals surface area contributed by atoms with Crippen LogP contribution in [0.3, 0.4) is 0 Å². The Morgan fingerprint density at radius 1 is 1.07 bits per heavy atom. The first-order chi connectivity index (χ1) is 13.7. The van der Waals surface area contributed by atoms with E-state index in [1.165, 1.54) is 12.0 Å². The number of hydrazine groups is 1. The summed E-state index contributed by atoms with van der Waals surface area (Å²) < 4.78 is 0. The molecule has 1 unspecified atom stereocenters. The van der Waals surface area contributed by atoms with E-state index in [1.807, 2.05) is 30.3 Å². The maximum Gasteiger partial charge on any atom is 0.268 e. The number of nitrogens with zero attached hydrogens (tertiary/aromatic N) is 1. The molecule has 0 spiro atoms. The number of aryl methyl sites for hydroxylation is 1. The number of carbonyl (C=O) groups excluding carboxylic acids is 1. The molecule has 3 heteroatoms. The predicted octanol–water partition coefficient (Wildman–Crippen LogP) is 5.72. The molecule has 152 valence electrons. The molecule has 2 atom stereocenters. The summed E-state index contributed by atoms with van der Waals surface area (Å²) in [6.07, 6.45) is 4.54. The van der Waals surface area contributed by atoms with Crippen LogP contribution in [0, 0.1) is 30.6 Å². The number of rotatable bonds is 5. The van der Waals surface area contributed by atoms with E-state index in [0.29, 0.717) is 12.5 Å². The zero-order valence-electron chi connectivity index (χ0n) is 18.3. The summed E-state index contributed by atoms with van der Waals surface area (Å²) in [5.41, 5.74) is 9.08. The summed E-state index contributed by atoms with van der Waals surface area (Å²) in [7, 11) is 0. The topological polar surface area (TPSA) is 32.3 Å². The normalized spacial score (nSPS) is 24.4. The van der Waals surface area contributed by atoms with Gasteiger partial charge in [0, 0.05) is 12.1 Å². The summed E-state index contributed by atoms with van der Waals surface area (Å²) >= 11 is 0. The van der Waals surface area contributed by atoms with E-state index in [9.17, 15) is 4.79 Å². The molecule has 2 bridgehead atoms. The van der Waals surface area contributed by atoms with Crippen molar-refractivity contribution in [2.24, 2.45) is 16.7 Å². The first-order valence-electron chi connectivity index (χ1n) is 10.7. The van der Waals surface area contributed by atoms with Gasteiger partial charge in [0.15, 0.2) is 0 Å². The maximum atomic E-state index is 13.8. The standard InChI is InChI=1S/C26H32N2O/c1-18-10-9-13-23(19(18)2)28(27-17-20-11-7-6-8-12-20)24(29)21-16-26(5)15-14-22(21)25(26,3)4/h6-13,16,22,27H,14-15,17H2,1-5H3/t22?,26-/m1/s1. The lowest BCUT2D eigenvalue weighted by Crippen LogP contribution is -2.45. The van der Waals surface area contributed by atoms with Crippen molar-refractivity contribution in [2.75, 3.05) is 5.01 Å². The lowest BCUT2D eigenvalue weighted by molar-refractivity contribution is -0.116. The van der Waals surface area contributed by atoms with Crippen molar-refractivity contribution >= 4 is 11.6 Å². The third-order valence-electron chi connectivity index (χ3n) is 7.70. The highest BCUT2D eigenvalue weighted by molar-refractivity contribution is 6.06. The van der Waals surface area contributed by atoms with Crippen LogP contribution in [0.15, 0.2) is 60.2 Å². The van der Waals surface area contributed by atoms with E-state index in [-0.39, 0.29) is 16.7 Å². The van der Waals surface area contributed by atoms with E-state index >= 15 is 0 Å². The van der Waals surface area contributed by atoms with Crippen LogP contribution in [0.4, 0.5) is 5.69 Å². The third kappa shape index (κ3) is 3.22. The average Bonchev–Trinajstić information content (AvgIpc) is 3.05. The lowest BCUT2D eigenvalue weighted by Gasteiger charge is -2.34. The molecule has 1 fully saturated rings. The monoisotopic (exact) mass is 388 g/mol. The molecule has 2 aromatic rings. The fourth-order valence-electron chi connectivity index (χ4n) is 5.12. The minimum Gasteiger partial charge on any atom is -0.268 e. The Bertz CT molecular complexity index is 960. The summed E-state index contributed by atoms with van der Waals surface area (Å²) in [6.45, 7) is 11.8. The Balaban J connectivity index is 1.69. The molecule has 4 rings (SSSR count). The van der Waals surface area contributed by atoms with Gasteiger partial charge < -0.3 is 0 Å². The Kier molecular flexibility index (Phi) is 4.90. The van der Waals surface area contributed by atoms with Crippen LogP contribution in [-0.2, 0) is 11.3 Å². The lowest BCUT2D eigenvalue weighted by atomic mass is 9.70. The van der Waals surface area contributed by atoms with Crippen LogP contribution in [0.5, 0.6) is 0 Å². The number of amides is 1. The van der Waals surface area contributed by atoms with Crippen molar-refractivity contribution in [3.05, 3.63) is 76.9 Å². The van der Waals surface area contributed by atoms with Crippen molar-refractivity contribution in [2.45, 2.75) is 54.0 Å². The van der Waals surface area contributed by atoms with Gasteiger partial charge >= 0.3 is 0 Å². The van der Waals surface area contributed by atoms with Crippen molar-refractivity contribution in [1.82, 2.24) is 5.43 Å². The zero-order chi connectivity index (χ0) is 20.8. The molecule has 1 N–H and O–H groups in total. The van der Waals surface area contributed by atoms with Crippen LogP contribution in [0.25, 0.3) is 0 Å². The molecule has 2 aliphatic rings. The molecule has 0 saturated heterocycles. The highest BCUT2D eigenvalue weighted by Crippen LogP contribution is 2.64. The summed E-state index contributed by atoms with van der Waals surface area (Å²) in [6, 6.07) is 16.4. The van der Waals surface area contributed by atoms with Gasteiger partial charge in [-0.25, -0.2) is 10.4 Å². The molecule has 2 aromatic carbocycles. The molecular weight excluding hydrogens is 356 g/mol. The molecule has 0 radical (unpaired) electrons. The molecule has 1 amide bonds. The zero-order valence-corrected chi connectivity index (χ0v) is 18.3. The van der Waals surface area contributed by atoms with Gasteiger partial charge in [0.25, 0.3) is 5.91 Å². The predicted molar refractivity (Wildman–Crippen MR) is 119 cm³/mol. The summed E-state index contributed by atoms with van der Waals surface area (Å²) in [4.78, 5) is 13.8. The number of hydrogen-bond donors (Lipinski definition) is 1. The quantitative estimate of drug-likeness (QED) is 0.664. The highest BCUT2D eigenvalue weighted by atomic mass is 16.2. The van der Waals surface area contributed by atoms with Gasteiger partial charge in [-0.1, -0.05) is 69.3 Å². The number of anilines is 1. The number of benzene rings is 2. The molecule has 0 aliphatic heterocycles. The second-order valence-electron chi connectivity index (χ2n) is 9.51. The minimum absolute atomic E-state index is 0.0936. The third-order valence-corrected chi connectivity index (χ3v) is 7.70. The average molecular weight is 389 g/mol. The molecular formula is C26H32N2O. The summed E-state index contributed by atoms with van der Waals surface area (Å²) in [5, 5.41) is 1.79. The van der Waals surface area contributed by atoms with E-state index in [0.717, 1.165) is 28.8 Å². The van der Waals surface area contributed by atoms with Crippen LogP contribution >= 0.6 is 0 Å². The van der Waals surface area contributed by atoms with Crippen LogP contribution < -0.4 is 10.4 Å². The van der Waals surface area contributed by atoms with E-state index < -0.39 is 0 Å². The molecule has 0 heterocycles. The van der Waals surface area contributed by atoms with Crippen molar-refractivity contribution in [3.63, 3.8) is 0 Å². The Hall–Kier alpha value is -2.39. The van der Waals surface area contributed by atoms with Crippen molar-refractivity contribution < 1.29 is 4.79 Å². The number of carbonyl (C=O) groups is 1.